The molecule has 2 fully saturated rings. The van der Waals surface area contributed by atoms with E-state index in [1.165, 1.54) is 11.8 Å². The molecule has 1 unspecified atom stereocenters. The smallest absolute Gasteiger partial charge is 0.254 e. The van der Waals surface area contributed by atoms with Crippen LogP contribution in [-0.2, 0) is 6.54 Å². The Bertz CT molecular complexity index is 1290. The van der Waals surface area contributed by atoms with Crippen molar-refractivity contribution >= 4 is 29.3 Å². The minimum absolute atomic E-state index is 0.0886. The third-order valence-electron chi connectivity index (χ3n) is 7.79. The average molecular weight is 550 g/mol. The number of hydrogen-bond donors (Lipinski definition) is 3. The first-order chi connectivity index (χ1) is 17.5. The Morgan fingerprint density at radius 3 is 2.51 bits per heavy atom. The second-order valence-corrected chi connectivity index (χ2v) is 11.8. The fourth-order valence-corrected chi connectivity index (χ4v) is 6.37. The molecule has 2 saturated carbocycles. The number of amides is 1. The lowest BCUT2D eigenvalue weighted by atomic mass is 9.81. The summed E-state index contributed by atoms with van der Waals surface area (Å²) in [6.07, 6.45) is 6.47. The number of hydrogen-bond acceptors (Lipinski definition) is 6. The van der Waals surface area contributed by atoms with Gasteiger partial charge < -0.3 is 19.8 Å². The Labute approximate surface area is 225 Å². The molecule has 200 valence electrons. The molecule has 2 aliphatic carbocycles. The van der Waals surface area contributed by atoms with Crippen molar-refractivity contribution in [2.45, 2.75) is 88.4 Å². The zero-order chi connectivity index (χ0) is 26.5. The number of aromatic nitrogens is 1. The molecule has 1 atom stereocenters. The molecule has 1 amide bonds. The van der Waals surface area contributed by atoms with Crippen LogP contribution < -0.4 is 25.7 Å². The first-order valence-electron chi connectivity index (χ1n) is 12.7. The van der Waals surface area contributed by atoms with Gasteiger partial charge in [-0.1, -0.05) is 11.6 Å². The Kier molecular flexibility index (Phi) is 7.00. The van der Waals surface area contributed by atoms with Crippen molar-refractivity contribution < 1.29 is 18.7 Å². The third kappa shape index (κ3) is 5.22. The zero-order valence-electron chi connectivity index (χ0n) is 21.6. The van der Waals surface area contributed by atoms with Crippen LogP contribution in [0.25, 0.3) is 0 Å². The number of ether oxygens (including phenoxy) is 2. The molecule has 1 aromatic heterocycles. The molecule has 0 bridgehead atoms. The number of aryl methyl sites for hydroxylation is 1. The number of H-pyrrole nitrogens is 1. The largest absolute Gasteiger partial charge is 0.448 e. The minimum atomic E-state index is -1.16. The lowest BCUT2D eigenvalue weighted by Crippen LogP contribution is -2.48. The number of carbonyl (C=O) groups excluding carboxylic acids is 1. The van der Waals surface area contributed by atoms with Gasteiger partial charge in [0.05, 0.1) is 5.02 Å². The fraction of sp³-hybridized carbons (Fsp3) is 0.556. The van der Waals surface area contributed by atoms with E-state index in [1.54, 1.807) is 6.07 Å². The van der Waals surface area contributed by atoms with Gasteiger partial charge in [0.2, 0.25) is 0 Å². The SMILES string of the molecule is CSc1cc(C)[nH]c(=O)c1CNC(=O)c1cc(Cl)c2c(c1C)OC(C)(C1CCC(NC3(F)CC3)CC1)O2. The number of halogens is 2. The number of pyridine rings is 1. The highest BCUT2D eigenvalue weighted by Crippen LogP contribution is 2.52. The van der Waals surface area contributed by atoms with Gasteiger partial charge >= 0.3 is 0 Å². The number of alkyl halides is 1. The molecule has 37 heavy (non-hydrogen) atoms. The summed E-state index contributed by atoms with van der Waals surface area (Å²) in [6, 6.07) is 3.65. The van der Waals surface area contributed by atoms with Crippen LogP contribution in [0.2, 0.25) is 5.02 Å². The maximum absolute atomic E-state index is 14.1. The average Bonchev–Trinajstić information content (AvgIpc) is 3.45. The summed E-state index contributed by atoms with van der Waals surface area (Å²) in [7, 11) is 0. The van der Waals surface area contributed by atoms with Crippen LogP contribution in [0.4, 0.5) is 4.39 Å². The zero-order valence-corrected chi connectivity index (χ0v) is 23.1. The lowest BCUT2D eigenvalue weighted by molar-refractivity contribution is -0.121. The molecule has 5 rings (SSSR count). The molecule has 7 nitrogen and oxygen atoms in total. The van der Waals surface area contributed by atoms with Gasteiger partial charge in [0, 0.05) is 52.7 Å². The highest BCUT2D eigenvalue weighted by Gasteiger charge is 2.49. The van der Waals surface area contributed by atoms with Gasteiger partial charge in [-0.05, 0) is 70.8 Å². The predicted molar refractivity (Wildman–Crippen MR) is 143 cm³/mol. The Hall–Kier alpha value is -2.23. The summed E-state index contributed by atoms with van der Waals surface area (Å²) in [4.78, 5) is 29.2. The molecule has 1 aliphatic heterocycles. The van der Waals surface area contributed by atoms with Gasteiger partial charge in [-0.3, -0.25) is 14.9 Å². The topological polar surface area (TPSA) is 92.5 Å². The van der Waals surface area contributed by atoms with Crippen molar-refractivity contribution in [1.82, 2.24) is 15.6 Å². The highest BCUT2D eigenvalue weighted by atomic mass is 35.5. The van der Waals surface area contributed by atoms with E-state index in [9.17, 15) is 14.0 Å². The quantitative estimate of drug-likeness (QED) is 0.317. The van der Waals surface area contributed by atoms with E-state index in [1.807, 2.05) is 33.1 Å². The summed E-state index contributed by atoms with van der Waals surface area (Å²) in [6.45, 7) is 5.63. The first kappa shape index (κ1) is 26.4. The number of rotatable bonds is 7. The van der Waals surface area contributed by atoms with Gasteiger partial charge in [-0.15, -0.1) is 11.8 Å². The normalized spacial score (nSPS) is 25.7. The molecule has 1 aromatic carbocycles. The molecule has 3 N–H and O–H groups in total. The molecular weight excluding hydrogens is 517 g/mol. The van der Waals surface area contributed by atoms with Crippen molar-refractivity contribution in [3.05, 3.63) is 49.9 Å². The third-order valence-corrected chi connectivity index (χ3v) is 8.87. The second-order valence-electron chi connectivity index (χ2n) is 10.6. The van der Waals surface area contributed by atoms with Gasteiger partial charge in [0.25, 0.3) is 17.3 Å². The molecule has 10 heteroatoms. The fourth-order valence-electron chi connectivity index (χ4n) is 5.43. The molecule has 0 radical (unpaired) electrons. The van der Waals surface area contributed by atoms with Crippen LogP contribution in [0.15, 0.2) is 21.8 Å². The van der Waals surface area contributed by atoms with Crippen molar-refractivity contribution in [2.24, 2.45) is 5.92 Å². The van der Waals surface area contributed by atoms with Crippen LogP contribution in [0.3, 0.4) is 0 Å². The van der Waals surface area contributed by atoms with Crippen LogP contribution >= 0.6 is 23.4 Å². The van der Waals surface area contributed by atoms with Crippen molar-refractivity contribution in [3.8, 4) is 11.5 Å². The van der Waals surface area contributed by atoms with Crippen LogP contribution in [0.5, 0.6) is 11.5 Å². The highest BCUT2D eigenvalue weighted by molar-refractivity contribution is 7.98. The molecule has 2 aromatic rings. The van der Waals surface area contributed by atoms with Crippen LogP contribution in [0.1, 0.15) is 72.6 Å². The minimum Gasteiger partial charge on any atom is -0.448 e. The first-order valence-corrected chi connectivity index (χ1v) is 14.3. The Morgan fingerprint density at radius 1 is 1.19 bits per heavy atom. The number of aromatic amines is 1. The summed E-state index contributed by atoms with van der Waals surface area (Å²) >= 11 is 8.03. The molecule has 2 heterocycles. The van der Waals surface area contributed by atoms with Gasteiger partial charge in [0.15, 0.2) is 17.3 Å². The van der Waals surface area contributed by atoms with Gasteiger partial charge in [-0.25, -0.2) is 4.39 Å². The molecular formula is C27H33ClFN3O4S. The van der Waals surface area contributed by atoms with Crippen molar-refractivity contribution in [1.29, 1.82) is 0 Å². The van der Waals surface area contributed by atoms with E-state index in [2.05, 4.69) is 15.6 Å². The number of fused-ring (bicyclic) bond motifs is 1. The summed E-state index contributed by atoms with van der Waals surface area (Å²) < 4.78 is 26.8. The number of nitrogens with one attached hydrogen (secondary N) is 3. The monoisotopic (exact) mass is 549 g/mol. The summed E-state index contributed by atoms with van der Waals surface area (Å²) in [5.41, 5.74) is 2.06. The summed E-state index contributed by atoms with van der Waals surface area (Å²) in [5, 5.41) is 6.31. The van der Waals surface area contributed by atoms with Crippen LogP contribution in [-0.4, -0.2) is 34.8 Å². The number of carbonyl (C=O) groups is 1. The maximum Gasteiger partial charge on any atom is 0.254 e. The maximum atomic E-state index is 14.1. The van der Waals surface area contributed by atoms with E-state index < -0.39 is 11.6 Å². The van der Waals surface area contributed by atoms with E-state index in [-0.39, 0.29) is 30.0 Å². The summed E-state index contributed by atoms with van der Waals surface area (Å²) in [5.74, 6) is -1.40. The Balaban J connectivity index is 1.29. The van der Waals surface area contributed by atoms with Crippen LogP contribution in [0, 0.1) is 19.8 Å². The van der Waals surface area contributed by atoms with E-state index in [0.29, 0.717) is 46.1 Å². The molecule has 3 aliphatic rings. The number of benzene rings is 1. The number of thioether (sulfide) groups is 1. The second kappa shape index (κ2) is 9.82. The van der Waals surface area contributed by atoms with Crippen molar-refractivity contribution in [2.75, 3.05) is 6.26 Å². The van der Waals surface area contributed by atoms with Gasteiger partial charge in [0.1, 0.15) is 0 Å². The lowest BCUT2D eigenvalue weighted by Gasteiger charge is -2.37. The van der Waals surface area contributed by atoms with Crippen molar-refractivity contribution in [3.63, 3.8) is 0 Å². The molecule has 0 saturated heterocycles. The standard InChI is InChI=1S/C27H33ClFN3O4S/c1-14-11-21(37-4)19(25(34)31-14)13-30-24(33)18-12-20(28)23-22(15(18)2)35-26(3,36-23)16-5-7-17(8-6-16)32-27(29)9-10-27/h11-12,16-17,32H,5-10,13H2,1-4H3,(H,30,33)(H,31,34). The Morgan fingerprint density at radius 2 is 1.86 bits per heavy atom. The van der Waals surface area contributed by atoms with Gasteiger partial charge in [-0.2, -0.15) is 0 Å². The molecule has 0 spiro atoms. The van der Waals surface area contributed by atoms with E-state index in [0.717, 1.165) is 36.3 Å². The van der Waals surface area contributed by atoms with E-state index >= 15 is 0 Å². The van der Waals surface area contributed by atoms with E-state index in [4.69, 9.17) is 21.1 Å². The predicted octanol–water partition coefficient (Wildman–Crippen LogP) is 5.39.